The van der Waals surface area contributed by atoms with Gasteiger partial charge in [0.25, 0.3) is 5.56 Å². The fourth-order valence-corrected chi connectivity index (χ4v) is 3.92. The second kappa shape index (κ2) is 7.82. The first-order chi connectivity index (χ1) is 14.7. The molecular formula is C20H15Br2N5O4. The molecule has 0 unspecified atom stereocenters. The number of hydrogen-bond acceptors (Lipinski definition) is 5. The number of aromatic nitrogens is 4. The van der Waals surface area contributed by atoms with Gasteiger partial charge < -0.3 is 5.11 Å². The molecule has 0 saturated heterocycles. The summed E-state index contributed by atoms with van der Waals surface area (Å²) < 4.78 is 5.37. The Bertz CT molecular complexity index is 1540. The molecule has 11 heteroatoms. The number of rotatable bonds is 3. The molecule has 31 heavy (non-hydrogen) atoms. The van der Waals surface area contributed by atoms with Crippen LogP contribution in [0.2, 0.25) is 0 Å². The first-order valence-corrected chi connectivity index (χ1v) is 10.5. The smallest absolute Gasteiger partial charge is 0.335 e. The van der Waals surface area contributed by atoms with Gasteiger partial charge in [0.2, 0.25) is 5.88 Å². The van der Waals surface area contributed by atoms with E-state index in [-0.39, 0.29) is 11.3 Å². The second-order valence-corrected chi connectivity index (χ2v) is 8.53. The summed E-state index contributed by atoms with van der Waals surface area (Å²) in [6, 6.07) is 10.1. The minimum atomic E-state index is -0.774. The molecule has 0 radical (unpaired) electrons. The van der Waals surface area contributed by atoms with Crippen molar-refractivity contribution in [3.8, 4) is 11.6 Å². The normalized spacial score (nSPS) is 11.6. The minimum absolute atomic E-state index is 0.182. The Morgan fingerprint density at radius 2 is 1.61 bits per heavy atom. The number of hydrogen-bond donors (Lipinski definition) is 2. The van der Waals surface area contributed by atoms with Gasteiger partial charge in [0.15, 0.2) is 0 Å². The van der Waals surface area contributed by atoms with Crippen LogP contribution in [0.3, 0.4) is 0 Å². The average molecular weight is 549 g/mol. The lowest BCUT2D eigenvalue weighted by Crippen LogP contribution is -2.31. The summed E-state index contributed by atoms with van der Waals surface area (Å²) in [6.07, 6.45) is 1.18. The summed E-state index contributed by atoms with van der Waals surface area (Å²) in [4.78, 5) is 43.3. The molecule has 0 atom stereocenters. The van der Waals surface area contributed by atoms with Crippen molar-refractivity contribution in [1.82, 2.24) is 18.7 Å². The van der Waals surface area contributed by atoms with Crippen LogP contribution in [-0.4, -0.2) is 30.0 Å². The Balaban J connectivity index is 1.86. The van der Waals surface area contributed by atoms with E-state index < -0.39 is 17.1 Å². The summed E-state index contributed by atoms with van der Waals surface area (Å²) >= 11 is 6.73. The molecule has 0 fully saturated rings. The summed E-state index contributed by atoms with van der Waals surface area (Å²) in [5.74, 6) is -0.538. The maximum absolute atomic E-state index is 12.3. The zero-order valence-corrected chi connectivity index (χ0v) is 19.4. The molecule has 2 N–H and O–H groups in total. The Morgan fingerprint density at radius 3 is 2.26 bits per heavy atom. The predicted octanol–water partition coefficient (Wildman–Crippen LogP) is 2.70. The molecule has 0 bridgehead atoms. The lowest BCUT2D eigenvalue weighted by molar-refractivity contribution is 0.430. The van der Waals surface area contributed by atoms with Crippen molar-refractivity contribution in [2.45, 2.75) is 0 Å². The molecule has 2 heterocycles. The van der Waals surface area contributed by atoms with Crippen molar-refractivity contribution in [1.29, 1.82) is 0 Å². The van der Waals surface area contributed by atoms with Crippen molar-refractivity contribution in [3.63, 3.8) is 0 Å². The van der Waals surface area contributed by atoms with E-state index in [1.165, 1.54) is 15.3 Å². The molecule has 4 aromatic rings. The van der Waals surface area contributed by atoms with Crippen LogP contribution in [0.5, 0.6) is 5.88 Å². The van der Waals surface area contributed by atoms with E-state index in [1.54, 1.807) is 50.5 Å². The third-order valence-electron chi connectivity index (χ3n) is 4.88. The molecule has 2 aromatic heterocycles. The van der Waals surface area contributed by atoms with E-state index in [2.05, 4.69) is 41.8 Å². The van der Waals surface area contributed by atoms with Crippen LogP contribution in [0.25, 0.3) is 16.7 Å². The number of aromatic hydroxyl groups is 1. The van der Waals surface area contributed by atoms with Crippen molar-refractivity contribution >= 4 is 54.8 Å². The summed E-state index contributed by atoms with van der Waals surface area (Å²) in [6.45, 7) is 0. The van der Waals surface area contributed by atoms with Crippen molar-refractivity contribution in [2.75, 3.05) is 0 Å². The molecule has 0 aliphatic heterocycles. The van der Waals surface area contributed by atoms with Crippen molar-refractivity contribution < 1.29 is 5.11 Å². The van der Waals surface area contributed by atoms with Gasteiger partial charge in [0.1, 0.15) is 5.56 Å². The lowest BCUT2D eigenvalue weighted by atomic mass is 10.2. The monoisotopic (exact) mass is 547 g/mol. The van der Waals surface area contributed by atoms with Crippen molar-refractivity contribution in [2.24, 2.45) is 19.1 Å². The van der Waals surface area contributed by atoms with Gasteiger partial charge in [0, 0.05) is 29.3 Å². The van der Waals surface area contributed by atoms with Gasteiger partial charge in [-0.3, -0.25) is 23.9 Å². The topological polar surface area (TPSA) is 114 Å². The molecule has 158 valence electrons. The third kappa shape index (κ3) is 3.59. The molecule has 0 saturated carbocycles. The van der Waals surface area contributed by atoms with Gasteiger partial charge in [-0.05, 0) is 52.3 Å². The minimum Gasteiger partial charge on any atom is -0.493 e. The fraction of sp³-hybridized carbons (Fsp3) is 0.100. The summed E-state index contributed by atoms with van der Waals surface area (Å²) in [5, 5.41) is 10.7. The number of H-pyrrole nitrogens is 1. The zero-order chi connectivity index (χ0) is 22.4. The largest absolute Gasteiger partial charge is 0.493 e. The summed E-state index contributed by atoms with van der Waals surface area (Å²) in [7, 11) is 3.32. The fourth-order valence-electron chi connectivity index (χ4n) is 3.23. The molecule has 4 rings (SSSR count). The highest BCUT2D eigenvalue weighted by molar-refractivity contribution is 9.10. The molecular weight excluding hydrogens is 534 g/mol. The maximum Gasteiger partial charge on any atom is 0.335 e. The quantitative estimate of drug-likeness (QED) is 0.383. The van der Waals surface area contributed by atoms with Crippen LogP contribution in [0.4, 0.5) is 5.69 Å². The molecule has 0 aliphatic rings. The number of halogens is 2. The van der Waals surface area contributed by atoms with E-state index in [0.717, 1.165) is 9.04 Å². The van der Waals surface area contributed by atoms with E-state index in [0.29, 0.717) is 26.9 Å². The maximum atomic E-state index is 12.3. The molecule has 0 aliphatic carbocycles. The highest BCUT2D eigenvalue weighted by Gasteiger charge is 2.15. The van der Waals surface area contributed by atoms with Crippen LogP contribution < -0.4 is 16.9 Å². The number of fused-ring (bicyclic) bond motifs is 1. The number of aryl methyl sites for hydroxylation is 2. The molecule has 0 spiro atoms. The van der Waals surface area contributed by atoms with Gasteiger partial charge >= 0.3 is 11.4 Å². The second-order valence-electron chi connectivity index (χ2n) is 6.76. The van der Waals surface area contributed by atoms with Crippen LogP contribution in [0.1, 0.15) is 5.56 Å². The predicted molar refractivity (Wildman–Crippen MR) is 125 cm³/mol. The molecule has 9 nitrogen and oxygen atoms in total. The molecule has 2 aromatic carbocycles. The standard InChI is InChI=1S/C20H15Br2N5O4/c1-25-15-7-13(22)14(8-16(15)26(2)20(25)31)23-9-12-17(28)24-19(30)27(18(12)29)11-5-3-10(21)4-6-11/h3-9,29H,1-2H3,(H,24,28,30). The zero-order valence-electron chi connectivity index (χ0n) is 16.3. The lowest BCUT2D eigenvalue weighted by Gasteiger charge is -2.09. The van der Waals surface area contributed by atoms with E-state index >= 15 is 0 Å². The number of imidazole rings is 1. The van der Waals surface area contributed by atoms with E-state index in [1.807, 2.05) is 0 Å². The van der Waals surface area contributed by atoms with Gasteiger partial charge in [0.05, 0.1) is 22.4 Å². The van der Waals surface area contributed by atoms with Gasteiger partial charge in [-0.2, -0.15) is 0 Å². The first-order valence-electron chi connectivity index (χ1n) is 8.92. The highest BCUT2D eigenvalue weighted by atomic mass is 79.9. The van der Waals surface area contributed by atoms with Gasteiger partial charge in [-0.1, -0.05) is 15.9 Å². The summed E-state index contributed by atoms with van der Waals surface area (Å²) in [5.41, 5.74) is 0.263. The first kappa shape index (κ1) is 21.1. The third-order valence-corrected chi connectivity index (χ3v) is 6.04. The Morgan fingerprint density at radius 1 is 1.00 bits per heavy atom. The Kier molecular flexibility index (Phi) is 5.31. The molecule has 0 amide bonds. The number of nitrogens with zero attached hydrogens (tertiary/aromatic N) is 4. The van der Waals surface area contributed by atoms with E-state index in [9.17, 15) is 19.5 Å². The average Bonchev–Trinajstić information content (AvgIpc) is 2.92. The van der Waals surface area contributed by atoms with Crippen LogP contribution in [0, 0.1) is 0 Å². The SMILES string of the molecule is Cn1c(=O)n(C)c2cc(N=Cc3c(O)n(-c4ccc(Br)cc4)c(=O)[nH]c3=O)c(Br)cc21. The number of nitrogens with one attached hydrogen (secondary N) is 1. The highest BCUT2D eigenvalue weighted by Crippen LogP contribution is 2.30. The van der Waals surface area contributed by atoms with Crippen LogP contribution >= 0.6 is 31.9 Å². The van der Waals surface area contributed by atoms with Gasteiger partial charge in [-0.15, -0.1) is 0 Å². The Labute approximate surface area is 191 Å². The van der Waals surface area contributed by atoms with E-state index in [4.69, 9.17) is 0 Å². The Hall–Kier alpha value is -3.18. The van der Waals surface area contributed by atoms with Crippen molar-refractivity contribution in [3.05, 3.63) is 82.2 Å². The van der Waals surface area contributed by atoms with Crippen LogP contribution in [-0.2, 0) is 14.1 Å². The number of aromatic amines is 1. The number of benzene rings is 2. The number of aliphatic imine (C=N–C) groups is 1. The van der Waals surface area contributed by atoms with Gasteiger partial charge in [-0.25, -0.2) is 14.2 Å². The van der Waals surface area contributed by atoms with Crippen LogP contribution in [0.15, 0.2) is 64.7 Å².